The first-order valence-corrected chi connectivity index (χ1v) is 7.02. The second kappa shape index (κ2) is 5.60. The van der Waals surface area contributed by atoms with Crippen LogP contribution in [0.1, 0.15) is 24.5 Å². The fourth-order valence-corrected chi connectivity index (χ4v) is 3.15. The zero-order valence-corrected chi connectivity index (χ0v) is 12.3. The number of hydrogen-bond donors (Lipinski definition) is 1. The van der Waals surface area contributed by atoms with E-state index in [1.54, 1.807) is 0 Å². The third-order valence-corrected chi connectivity index (χ3v) is 4.19. The lowest BCUT2D eigenvalue weighted by atomic mass is 9.90. The Morgan fingerprint density at radius 1 is 1.44 bits per heavy atom. The third kappa shape index (κ3) is 3.25. The van der Waals surface area contributed by atoms with Crippen molar-refractivity contribution in [2.75, 3.05) is 26.7 Å². The maximum atomic E-state index is 6.30. The zero-order chi connectivity index (χ0) is 13.2. The highest BCUT2D eigenvalue weighted by Crippen LogP contribution is 2.31. The van der Waals surface area contributed by atoms with E-state index in [0.29, 0.717) is 5.41 Å². The predicted octanol–water partition coefficient (Wildman–Crippen LogP) is 3.08. The highest BCUT2D eigenvalue weighted by atomic mass is 35.5. The molecule has 1 aliphatic rings. The van der Waals surface area contributed by atoms with Gasteiger partial charge in [-0.15, -0.1) is 0 Å². The molecule has 2 nitrogen and oxygen atoms in total. The van der Waals surface area contributed by atoms with E-state index in [1.807, 2.05) is 7.05 Å². The molecule has 1 saturated heterocycles. The Morgan fingerprint density at radius 2 is 2.22 bits per heavy atom. The van der Waals surface area contributed by atoms with Gasteiger partial charge >= 0.3 is 0 Å². The molecule has 1 fully saturated rings. The molecule has 1 heterocycles. The van der Waals surface area contributed by atoms with Gasteiger partial charge < -0.3 is 5.32 Å². The van der Waals surface area contributed by atoms with Gasteiger partial charge in [-0.05, 0) is 49.5 Å². The quantitative estimate of drug-likeness (QED) is 0.901. The van der Waals surface area contributed by atoms with E-state index in [2.05, 4.69) is 42.3 Å². The number of aryl methyl sites for hydroxylation is 1. The SMILES string of the molecule is CNCC1(C)CCN(Cc2ccc(C)cc2Cl)C1. The molecule has 0 saturated carbocycles. The Kier molecular flexibility index (Phi) is 4.31. The molecule has 0 radical (unpaired) electrons. The molecule has 1 atom stereocenters. The summed E-state index contributed by atoms with van der Waals surface area (Å²) in [6.07, 6.45) is 1.26. The van der Waals surface area contributed by atoms with Crippen LogP contribution in [0.4, 0.5) is 0 Å². The van der Waals surface area contributed by atoms with Crippen LogP contribution in [0, 0.1) is 12.3 Å². The van der Waals surface area contributed by atoms with Crippen molar-refractivity contribution in [2.45, 2.75) is 26.8 Å². The van der Waals surface area contributed by atoms with Gasteiger partial charge in [0.1, 0.15) is 0 Å². The van der Waals surface area contributed by atoms with Gasteiger partial charge in [0.15, 0.2) is 0 Å². The van der Waals surface area contributed by atoms with Crippen molar-refractivity contribution in [3.8, 4) is 0 Å². The first-order valence-electron chi connectivity index (χ1n) is 6.64. The molecule has 1 N–H and O–H groups in total. The molecule has 100 valence electrons. The highest BCUT2D eigenvalue weighted by Gasteiger charge is 2.32. The van der Waals surface area contributed by atoms with E-state index in [0.717, 1.165) is 24.7 Å². The minimum atomic E-state index is 0.409. The Hall–Kier alpha value is -0.570. The van der Waals surface area contributed by atoms with Crippen LogP contribution in [-0.4, -0.2) is 31.6 Å². The Morgan fingerprint density at radius 3 is 2.89 bits per heavy atom. The van der Waals surface area contributed by atoms with Crippen LogP contribution in [-0.2, 0) is 6.54 Å². The predicted molar refractivity (Wildman–Crippen MR) is 78.1 cm³/mol. The molecule has 0 bridgehead atoms. The summed E-state index contributed by atoms with van der Waals surface area (Å²) < 4.78 is 0. The molecule has 0 aromatic heterocycles. The van der Waals surface area contributed by atoms with E-state index in [1.165, 1.54) is 24.1 Å². The van der Waals surface area contributed by atoms with Crippen molar-refractivity contribution in [1.82, 2.24) is 10.2 Å². The van der Waals surface area contributed by atoms with E-state index in [-0.39, 0.29) is 0 Å². The molecular formula is C15H23ClN2. The Balaban J connectivity index is 1.99. The molecule has 0 spiro atoms. The molecule has 0 amide bonds. The maximum Gasteiger partial charge on any atom is 0.0453 e. The van der Waals surface area contributed by atoms with Gasteiger partial charge in [-0.3, -0.25) is 4.90 Å². The van der Waals surface area contributed by atoms with Gasteiger partial charge in [-0.2, -0.15) is 0 Å². The fourth-order valence-electron chi connectivity index (χ4n) is 2.85. The molecule has 18 heavy (non-hydrogen) atoms. The van der Waals surface area contributed by atoms with Crippen LogP contribution in [0.5, 0.6) is 0 Å². The summed E-state index contributed by atoms with van der Waals surface area (Å²) in [5.74, 6) is 0. The van der Waals surface area contributed by atoms with Gasteiger partial charge in [-0.1, -0.05) is 30.7 Å². The van der Waals surface area contributed by atoms with E-state index < -0.39 is 0 Å². The standard InChI is InChI=1S/C15H23ClN2/c1-12-4-5-13(14(16)8-12)9-18-7-6-15(2,11-18)10-17-3/h4-5,8,17H,6-7,9-11H2,1-3H3. The van der Waals surface area contributed by atoms with Gasteiger partial charge in [-0.25, -0.2) is 0 Å². The van der Waals surface area contributed by atoms with E-state index >= 15 is 0 Å². The van der Waals surface area contributed by atoms with E-state index in [9.17, 15) is 0 Å². The number of nitrogens with zero attached hydrogens (tertiary/aromatic N) is 1. The number of nitrogens with one attached hydrogen (secondary N) is 1. The second-order valence-electron chi connectivity index (χ2n) is 5.90. The summed E-state index contributed by atoms with van der Waals surface area (Å²) >= 11 is 6.30. The molecule has 3 heteroatoms. The summed E-state index contributed by atoms with van der Waals surface area (Å²) in [6.45, 7) is 8.82. The third-order valence-electron chi connectivity index (χ3n) is 3.84. The smallest absolute Gasteiger partial charge is 0.0453 e. The minimum Gasteiger partial charge on any atom is -0.319 e. The first kappa shape index (κ1) is 13.9. The number of likely N-dealkylation sites (tertiary alicyclic amines) is 1. The van der Waals surface area contributed by atoms with Gasteiger partial charge in [0.25, 0.3) is 0 Å². The molecule has 0 aliphatic carbocycles. The maximum absolute atomic E-state index is 6.30. The van der Waals surface area contributed by atoms with Gasteiger partial charge in [0, 0.05) is 24.7 Å². The first-order chi connectivity index (χ1) is 8.52. The van der Waals surface area contributed by atoms with Crippen molar-refractivity contribution in [2.24, 2.45) is 5.41 Å². The summed E-state index contributed by atoms with van der Waals surface area (Å²) in [5, 5.41) is 4.20. The summed E-state index contributed by atoms with van der Waals surface area (Å²) in [4.78, 5) is 2.51. The van der Waals surface area contributed by atoms with Crippen LogP contribution in [0.15, 0.2) is 18.2 Å². The average Bonchev–Trinajstić information content (AvgIpc) is 2.65. The lowest BCUT2D eigenvalue weighted by molar-refractivity contribution is 0.265. The second-order valence-corrected chi connectivity index (χ2v) is 6.30. The molecular weight excluding hydrogens is 244 g/mol. The van der Waals surface area contributed by atoms with Crippen LogP contribution in [0.2, 0.25) is 5.02 Å². The Labute approximate surface area is 115 Å². The lowest BCUT2D eigenvalue weighted by Crippen LogP contribution is -2.32. The molecule has 2 rings (SSSR count). The molecule has 1 unspecified atom stereocenters. The van der Waals surface area contributed by atoms with Gasteiger partial charge in [0.2, 0.25) is 0 Å². The topological polar surface area (TPSA) is 15.3 Å². The van der Waals surface area contributed by atoms with Crippen molar-refractivity contribution < 1.29 is 0 Å². The number of benzene rings is 1. The van der Waals surface area contributed by atoms with Crippen LogP contribution in [0.3, 0.4) is 0 Å². The summed E-state index contributed by atoms with van der Waals surface area (Å²) in [7, 11) is 2.03. The van der Waals surface area contributed by atoms with Crippen molar-refractivity contribution >= 4 is 11.6 Å². The number of halogens is 1. The minimum absolute atomic E-state index is 0.409. The largest absolute Gasteiger partial charge is 0.319 e. The van der Waals surface area contributed by atoms with Crippen molar-refractivity contribution in [1.29, 1.82) is 0 Å². The van der Waals surface area contributed by atoms with Crippen molar-refractivity contribution in [3.05, 3.63) is 34.3 Å². The number of hydrogen-bond acceptors (Lipinski definition) is 2. The summed E-state index contributed by atoms with van der Waals surface area (Å²) in [5.41, 5.74) is 2.88. The van der Waals surface area contributed by atoms with Crippen molar-refractivity contribution in [3.63, 3.8) is 0 Å². The number of rotatable bonds is 4. The normalized spacial score (nSPS) is 24.7. The van der Waals surface area contributed by atoms with Crippen LogP contribution in [0.25, 0.3) is 0 Å². The fraction of sp³-hybridized carbons (Fsp3) is 0.600. The van der Waals surface area contributed by atoms with E-state index in [4.69, 9.17) is 11.6 Å². The Bertz CT molecular complexity index is 419. The monoisotopic (exact) mass is 266 g/mol. The van der Waals surface area contributed by atoms with Gasteiger partial charge in [0.05, 0.1) is 0 Å². The highest BCUT2D eigenvalue weighted by molar-refractivity contribution is 6.31. The lowest BCUT2D eigenvalue weighted by Gasteiger charge is -2.24. The zero-order valence-electron chi connectivity index (χ0n) is 11.6. The summed E-state index contributed by atoms with van der Waals surface area (Å²) in [6, 6.07) is 6.36. The molecule has 1 aromatic rings. The molecule has 1 aromatic carbocycles. The average molecular weight is 267 g/mol. The van der Waals surface area contributed by atoms with Crippen LogP contribution >= 0.6 is 11.6 Å². The molecule has 1 aliphatic heterocycles. The van der Waals surface area contributed by atoms with Crippen LogP contribution < -0.4 is 5.32 Å².